The van der Waals surface area contributed by atoms with Gasteiger partial charge in [-0.05, 0) is 43.6 Å². The lowest BCUT2D eigenvalue weighted by atomic mass is 9.84. The lowest BCUT2D eigenvalue weighted by Crippen LogP contribution is -2.49. The molecule has 0 radical (unpaired) electrons. The van der Waals surface area contributed by atoms with Crippen molar-refractivity contribution in [2.75, 3.05) is 24.2 Å². The number of hydrogen-bond acceptors (Lipinski definition) is 7. The zero-order valence-electron chi connectivity index (χ0n) is 17.3. The number of rotatable bonds is 8. The number of aromatic amines is 1. The molecule has 1 fully saturated rings. The van der Waals surface area contributed by atoms with Crippen LogP contribution in [-0.2, 0) is 0 Å². The molecule has 2 aromatic heterocycles. The fourth-order valence-corrected chi connectivity index (χ4v) is 4.12. The van der Waals surface area contributed by atoms with Gasteiger partial charge in [-0.25, -0.2) is 23.7 Å². The minimum absolute atomic E-state index is 0.337. The quantitative estimate of drug-likeness (QED) is 0.430. The van der Waals surface area contributed by atoms with Gasteiger partial charge >= 0.3 is 0 Å². The van der Waals surface area contributed by atoms with Gasteiger partial charge in [0.2, 0.25) is 0 Å². The van der Waals surface area contributed by atoms with Crippen molar-refractivity contribution in [2.24, 2.45) is 11.8 Å². The average molecular weight is 436 g/mol. The van der Waals surface area contributed by atoms with Crippen LogP contribution in [0.15, 0.2) is 24.7 Å². The molecule has 3 heterocycles. The molecule has 3 unspecified atom stereocenters. The minimum Gasteiger partial charge on any atom is -0.353 e. The minimum atomic E-state index is -2.80. The smallest absolute Gasteiger partial charge is 0.279 e. The van der Waals surface area contributed by atoms with Crippen LogP contribution >= 0.6 is 11.9 Å². The fourth-order valence-electron chi connectivity index (χ4n) is 3.74. The number of hydrogen-bond donors (Lipinski definition) is 3. The number of anilines is 1. The Morgan fingerprint density at radius 2 is 2.20 bits per heavy atom. The highest BCUT2D eigenvalue weighted by molar-refractivity contribution is 7.96. The Morgan fingerprint density at radius 3 is 2.93 bits per heavy atom. The molecule has 3 atom stereocenters. The molecule has 1 saturated heterocycles. The molecule has 10 heteroatoms. The van der Waals surface area contributed by atoms with E-state index in [-0.39, 0.29) is 0 Å². The van der Waals surface area contributed by atoms with Gasteiger partial charge in [0.1, 0.15) is 18.0 Å². The van der Waals surface area contributed by atoms with Crippen molar-refractivity contribution in [2.45, 2.75) is 32.7 Å². The van der Waals surface area contributed by atoms with Crippen LogP contribution in [-0.4, -0.2) is 57.5 Å². The van der Waals surface area contributed by atoms with Crippen LogP contribution in [0.3, 0.4) is 0 Å². The van der Waals surface area contributed by atoms with Crippen LogP contribution in [0.25, 0.3) is 17.5 Å². The molecule has 1 aliphatic heterocycles. The van der Waals surface area contributed by atoms with Gasteiger partial charge in [0, 0.05) is 25.2 Å². The third kappa shape index (κ3) is 5.42. The molecule has 162 valence electrons. The predicted molar refractivity (Wildman–Crippen MR) is 118 cm³/mol. The van der Waals surface area contributed by atoms with Crippen LogP contribution < -0.4 is 9.62 Å². The van der Waals surface area contributed by atoms with E-state index in [2.05, 4.69) is 43.4 Å². The molecule has 3 rings (SSSR count). The van der Waals surface area contributed by atoms with Crippen molar-refractivity contribution >= 4 is 29.6 Å². The van der Waals surface area contributed by atoms with Gasteiger partial charge in [-0.1, -0.05) is 18.9 Å². The van der Waals surface area contributed by atoms with Crippen molar-refractivity contribution in [3.05, 3.63) is 30.5 Å². The number of alkyl halides is 2. The SMILES string of the molecule is CSNCC1CC(C)CN(c2cc(-c3cnc(/C=C\C(=N)C(F)F)[nH]3)ncn2)C1C. The molecule has 7 nitrogen and oxygen atoms in total. The molecule has 0 aliphatic carbocycles. The zero-order chi connectivity index (χ0) is 21.7. The zero-order valence-corrected chi connectivity index (χ0v) is 18.1. The molecular formula is C20H27F2N7S. The molecule has 0 bridgehead atoms. The van der Waals surface area contributed by atoms with Gasteiger partial charge in [0.15, 0.2) is 0 Å². The number of halogens is 2. The second kappa shape index (κ2) is 10.1. The Labute approximate surface area is 179 Å². The Kier molecular flexibility index (Phi) is 7.54. The highest BCUT2D eigenvalue weighted by atomic mass is 32.2. The van der Waals surface area contributed by atoms with E-state index < -0.39 is 12.1 Å². The first-order valence-electron chi connectivity index (χ1n) is 9.83. The van der Waals surface area contributed by atoms with E-state index >= 15 is 0 Å². The second-order valence-corrected chi connectivity index (χ2v) is 8.28. The molecule has 0 aromatic carbocycles. The number of piperidine rings is 1. The van der Waals surface area contributed by atoms with Crippen LogP contribution in [0.1, 0.15) is 26.1 Å². The second-order valence-electron chi connectivity index (χ2n) is 7.58. The summed E-state index contributed by atoms with van der Waals surface area (Å²) in [6.07, 6.45) is 5.95. The molecule has 0 spiro atoms. The van der Waals surface area contributed by atoms with Crippen molar-refractivity contribution in [3.63, 3.8) is 0 Å². The molecular weight excluding hydrogens is 408 g/mol. The van der Waals surface area contributed by atoms with E-state index in [1.165, 1.54) is 18.8 Å². The third-order valence-electron chi connectivity index (χ3n) is 5.35. The molecule has 0 saturated carbocycles. The van der Waals surface area contributed by atoms with E-state index in [9.17, 15) is 8.78 Å². The third-order valence-corrected chi connectivity index (χ3v) is 5.81. The van der Waals surface area contributed by atoms with E-state index in [4.69, 9.17) is 5.41 Å². The monoisotopic (exact) mass is 435 g/mol. The first kappa shape index (κ1) is 22.4. The fraction of sp³-hybridized carbons (Fsp3) is 0.500. The van der Waals surface area contributed by atoms with Crippen molar-refractivity contribution in [1.82, 2.24) is 24.7 Å². The predicted octanol–water partition coefficient (Wildman–Crippen LogP) is 3.88. The van der Waals surface area contributed by atoms with Gasteiger partial charge in [-0.15, -0.1) is 0 Å². The van der Waals surface area contributed by atoms with E-state index in [0.29, 0.717) is 35.1 Å². The van der Waals surface area contributed by atoms with Gasteiger partial charge in [0.05, 0.1) is 23.3 Å². The summed E-state index contributed by atoms with van der Waals surface area (Å²) in [6.45, 7) is 6.38. The summed E-state index contributed by atoms with van der Waals surface area (Å²) in [5, 5.41) is 7.19. The van der Waals surface area contributed by atoms with Gasteiger partial charge in [-0.3, -0.25) is 10.1 Å². The molecule has 0 amide bonds. The highest BCUT2D eigenvalue weighted by Crippen LogP contribution is 2.31. The molecule has 30 heavy (non-hydrogen) atoms. The lowest BCUT2D eigenvalue weighted by Gasteiger charge is -2.43. The summed E-state index contributed by atoms with van der Waals surface area (Å²) in [6, 6.07) is 2.26. The molecule has 2 aromatic rings. The number of allylic oxidation sites excluding steroid dienone is 1. The van der Waals surface area contributed by atoms with Crippen LogP contribution in [0.4, 0.5) is 14.6 Å². The summed E-state index contributed by atoms with van der Waals surface area (Å²) in [4.78, 5) is 18.4. The van der Waals surface area contributed by atoms with Gasteiger partial charge in [-0.2, -0.15) is 0 Å². The number of H-pyrrole nitrogens is 1. The summed E-state index contributed by atoms with van der Waals surface area (Å²) in [5.74, 6) is 2.33. The number of nitrogens with zero attached hydrogens (tertiary/aromatic N) is 4. The number of imidazole rings is 1. The topological polar surface area (TPSA) is 93.6 Å². The number of aromatic nitrogens is 4. The normalized spacial score (nSPS) is 22.2. The summed E-state index contributed by atoms with van der Waals surface area (Å²) in [5.41, 5.74) is 0.594. The highest BCUT2D eigenvalue weighted by Gasteiger charge is 2.32. The maximum absolute atomic E-state index is 12.4. The summed E-state index contributed by atoms with van der Waals surface area (Å²) >= 11 is 1.64. The van der Waals surface area contributed by atoms with Crippen LogP contribution in [0, 0.1) is 17.2 Å². The van der Waals surface area contributed by atoms with E-state index in [1.54, 1.807) is 18.1 Å². The van der Waals surface area contributed by atoms with Crippen molar-refractivity contribution < 1.29 is 8.78 Å². The van der Waals surface area contributed by atoms with Gasteiger partial charge in [0.25, 0.3) is 6.43 Å². The van der Waals surface area contributed by atoms with Crippen molar-refractivity contribution in [1.29, 1.82) is 5.41 Å². The Balaban J connectivity index is 1.78. The average Bonchev–Trinajstić information content (AvgIpc) is 3.21. The Bertz CT molecular complexity index is 886. The summed E-state index contributed by atoms with van der Waals surface area (Å²) < 4.78 is 28.3. The Morgan fingerprint density at radius 1 is 1.40 bits per heavy atom. The first-order chi connectivity index (χ1) is 14.4. The maximum atomic E-state index is 12.4. The lowest BCUT2D eigenvalue weighted by molar-refractivity contribution is 0.226. The first-order valence-corrected chi connectivity index (χ1v) is 11.1. The van der Waals surface area contributed by atoms with Crippen molar-refractivity contribution in [3.8, 4) is 11.4 Å². The maximum Gasteiger partial charge on any atom is 0.279 e. The Hall–Kier alpha value is -2.33. The van der Waals surface area contributed by atoms with Crippen LogP contribution in [0.2, 0.25) is 0 Å². The van der Waals surface area contributed by atoms with Gasteiger partial charge < -0.3 is 9.88 Å². The molecule has 3 N–H and O–H groups in total. The summed E-state index contributed by atoms with van der Waals surface area (Å²) in [7, 11) is 0. The van der Waals surface area contributed by atoms with E-state index in [0.717, 1.165) is 25.0 Å². The molecule has 1 aliphatic rings. The largest absolute Gasteiger partial charge is 0.353 e. The number of nitrogens with one attached hydrogen (secondary N) is 3. The standard InChI is InChI=1S/C20H27F2N7S/c1-12-6-14(8-27-30-3)13(2)29(10-12)19-7-16(25-11-26-19)17-9-24-18(28-17)5-4-15(23)20(21)22/h4-5,7,9,11-14,20,23,27H,6,8,10H2,1-3H3,(H,24,28)/b5-4-,23-15?. The van der Waals surface area contributed by atoms with E-state index in [1.807, 2.05) is 12.3 Å². The van der Waals surface area contributed by atoms with Crippen LogP contribution in [0.5, 0.6) is 0 Å².